The minimum Gasteiger partial charge on any atom is -0.277 e. The Hall–Kier alpha value is -2.31. The molecule has 0 saturated heterocycles. The molecule has 0 radical (unpaired) electrons. The number of rotatable bonds is 4. The number of benzene rings is 2. The van der Waals surface area contributed by atoms with Crippen LogP contribution in [0.4, 0.5) is 0 Å². The Kier molecular flexibility index (Phi) is 3.67. The molecule has 2 aromatic carbocycles. The third-order valence-electron chi connectivity index (χ3n) is 2.76. The van der Waals surface area contributed by atoms with Crippen molar-refractivity contribution >= 4 is 28.8 Å². The highest BCUT2D eigenvalue weighted by Gasteiger charge is 2.12. The fourth-order valence-electron chi connectivity index (χ4n) is 1.82. The summed E-state index contributed by atoms with van der Waals surface area (Å²) in [5.74, 6) is -0.272. The molecule has 0 spiro atoms. The molecule has 0 aliphatic rings. The van der Waals surface area contributed by atoms with Crippen molar-refractivity contribution in [2.45, 2.75) is 4.90 Å². The van der Waals surface area contributed by atoms with Gasteiger partial charge in [0.1, 0.15) is 0 Å². The number of amides is 1. The molecule has 1 amide bonds. The zero-order valence-corrected chi connectivity index (χ0v) is 11.3. The number of para-hydroxylation sites is 1. The number of hydrazine groups is 1. The highest BCUT2D eigenvalue weighted by Crippen LogP contribution is 2.15. The van der Waals surface area contributed by atoms with E-state index in [1.54, 1.807) is 0 Å². The highest BCUT2D eigenvalue weighted by atomic mass is 32.2. The van der Waals surface area contributed by atoms with Crippen LogP contribution >= 0.6 is 11.9 Å². The van der Waals surface area contributed by atoms with Crippen LogP contribution in [0.3, 0.4) is 0 Å². The molecule has 1 heterocycles. The molecular formula is C14H12N4OS. The van der Waals surface area contributed by atoms with E-state index in [0.29, 0.717) is 5.69 Å². The lowest BCUT2D eigenvalue weighted by molar-refractivity contribution is 0.0943. The van der Waals surface area contributed by atoms with Crippen molar-refractivity contribution in [3.8, 4) is 0 Å². The van der Waals surface area contributed by atoms with Gasteiger partial charge in [-0.05, 0) is 30.1 Å². The van der Waals surface area contributed by atoms with E-state index in [-0.39, 0.29) is 5.91 Å². The molecule has 3 N–H and O–H groups in total. The summed E-state index contributed by atoms with van der Waals surface area (Å²) in [5.41, 5.74) is 3.83. The molecule has 1 aromatic heterocycles. The van der Waals surface area contributed by atoms with Crippen molar-refractivity contribution in [1.29, 1.82) is 0 Å². The summed E-state index contributed by atoms with van der Waals surface area (Å²) in [6.07, 6.45) is 0. The van der Waals surface area contributed by atoms with Gasteiger partial charge < -0.3 is 0 Å². The number of carbonyl (C=O) groups is 1. The van der Waals surface area contributed by atoms with Crippen LogP contribution in [0, 0.1) is 0 Å². The molecule has 0 saturated carbocycles. The van der Waals surface area contributed by atoms with Gasteiger partial charge >= 0.3 is 0 Å². The summed E-state index contributed by atoms with van der Waals surface area (Å²) in [5, 5.41) is 7.67. The van der Waals surface area contributed by atoms with Crippen molar-refractivity contribution in [3.63, 3.8) is 0 Å². The first-order valence-corrected chi connectivity index (χ1v) is 6.86. The number of H-pyrrole nitrogens is 1. The van der Waals surface area contributed by atoms with Crippen molar-refractivity contribution in [1.82, 2.24) is 20.5 Å². The minimum absolute atomic E-state index is 0.272. The third kappa shape index (κ3) is 2.66. The van der Waals surface area contributed by atoms with Gasteiger partial charge in [-0.2, -0.15) is 9.93 Å². The van der Waals surface area contributed by atoms with Gasteiger partial charge in [0, 0.05) is 10.3 Å². The monoisotopic (exact) mass is 284 g/mol. The molecule has 0 fully saturated rings. The number of fused-ring (bicyclic) bond motifs is 1. The molecule has 3 rings (SSSR count). The van der Waals surface area contributed by atoms with Crippen LogP contribution in [0.15, 0.2) is 59.5 Å². The molecule has 0 unspecified atom stereocenters. The zero-order valence-electron chi connectivity index (χ0n) is 10.5. The van der Waals surface area contributed by atoms with E-state index >= 15 is 0 Å². The Morgan fingerprint density at radius 2 is 1.80 bits per heavy atom. The number of nitrogens with one attached hydrogen (secondary N) is 3. The SMILES string of the molecule is O=C(NNSc1ccccc1)c1n[nH]c2ccccc12. The van der Waals surface area contributed by atoms with Gasteiger partial charge in [-0.1, -0.05) is 36.4 Å². The van der Waals surface area contributed by atoms with E-state index in [0.717, 1.165) is 15.8 Å². The third-order valence-corrected chi connectivity index (χ3v) is 3.47. The molecule has 5 nitrogen and oxygen atoms in total. The maximum absolute atomic E-state index is 12.0. The summed E-state index contributed by atoms with van der Waals surface area (Å²) < 4.78 is 0. The second kappa shape index (κ2) is 5.77. The van der Waals surface area contributed by atoms with Crippen LogP contribution in [0.25, 0.3) is 10.9 Å². The van der Waals surface area contributed by atoms with Crippen LogP contribution in [-0.4, -0.2) is 16.1 Å². The van der Waals surface area contributed by atoms with Gasteiger partial charge in [-0.3, -0.25) is 15.3 Å². The van der Waals surface area contributed by atoms with E-state index in [4.69, 9.17) is 0 Å². The van der Waals surface area contributed by atoms with Crippen LogP contribution < -0.4 is 10.3 Å². The zero-order chi connectivity index (χ0) is 13.8. The van der Waals surface area contributed by atoms with E-state index in [9.17, 15) is 4.79 Å². The molecular weight excluding hydrogens is 272 g/mol. The molecule has 0 aliphatic carbocycles. The smallest absolute Gasteiger partial charge is 0.277 e. The molecule has 0 aliphatic heterocycles. The van der Waals surface area contributed by atoms with Crippen molar-refractivity contribution < 1.29 is 4.79 Å². The van der Waals surface area contributed by atoms with E-state index in [1.165, 1.54) is 11.9 Å². The maximum Gasteiger partial charge on any atom is 0.287 e. The average molecular weight is 284 g/mol. The van der Waals surface area contributed by atoms with Gasteiger partial charge in [0.2, 0.25) is 0 Å². The first-order chi connectivity index (χ1) is 9.84. The average Bonchev–Trinajstić information content (AvgIpc) is 2.92. The summed E-state index contributed by atoms with van der Waals surface area (Å²) >= 11 is 1.33. The standard InChI is InChI=1S/C14H12N4OS/c19-14(17-18-20-10-6-2-1-3-7-10)13-11-8-4-5-9-12(11)15-16-13/h1-9,18H,(H,15,16)(H,17,19). The van der Waals surface area contributed by atoms with E-state index in [1.807, 2.05) is 54.6 Å². The number of hydrogen-bond acceptors (Lipinski definition) is 4. The molecule has 0 atom stereocenters. The largest absolute Gasteiger partial charge is 0.287 e. The summed E-state index contributed by atoms with van der Waals surface area (Å²) in [6.45, 7) is 0. The Labute approximate surface area is 119 Å². The fourth-order valence-corrected chi connectivity index (χ4v) is 2.37. The Morgan fingerprint density at radius 1 is 1.05 bits per heavy atom. The summed E-state index contributed by atoms with van der Waals surface area (Å²) in [4.78, 5) is 15.9. The first kappa shape index (κ1) is 12.7. The summed E-state index contributed by atoms with van der Waals surface area (Å²) in [6, 6.07) is 17.2. The molecule has 6 heteroatoms. The highest BCUT2D eigenvalue weighted by molar-refractivity contribution is 7.97. The molecule has 0 bridgehead atoms. The van der Waals surface area contributed by atoms with Crippen LogP contribution in [0.5, 0.6) is 0 Å². The topological polar surface area (TPSA) is 69.8 Å². The predicted octanol–water partition coefficient (Wildman–Crippen LogP) is 2.50. The van der Waals surface area contributed by atoms with Crippen LogP contribution in [-0.2, 0) is 0 Å². The second-order valence-electron chi connectivity index (χ2n) is 4.09. The van der Waals surface area contributed by atoms with Gasteiger partial charge in [0.25, 0.3) is 5.91 Å². The van der Waals surface area contributed by atoms with Crippen molar-refractivity contribution in [3.05, 3.63) is 60.3 Å². The van der Waals surface area contributed by atoms with E-state index < -0.39 is 0 Å². The van der Waals surface area contributed by atoms with Crippen molar-refractivity contribution in [2.75, 3.05) is 0 Å². The Morgan fingerprint density at radius 3 is 2.65 bits per heavy atom. The summed E-state index contributed by atoms with van der Waals surface area (Å²) in [7, 11) is 0. The second-order valence-corrected chi connectivity index (χ2v) is 4.97. The van der Waals surface area contributed by atoms with E-state index in [2.05, 4.69) is 20.5 Å². The van der Waals surface area contributed by atoms with Gasteiger partial charge in [0.15, 0.2) is 5.69 Å². The van der Waals surface area contributed by atoms with Gasteiger partial charge in [-0.25, -0.2) is 0 Å². The number of nitrogens with zero attached hydrogens (tertiary/aromatic N) is 1. The number of aromatic nitrogens is 2. The normalized spacial score (nSPS) is 10.6. The molecule has 100 valence electrons. The number of aromatic amines is 1. The Balaban J connectivity index is 1.65. The van der Waals surface area contributed by atoms with Gasteiger partial charge in [-0.15, -0.1) is 0 Å². The lowest BCUT2D eigenvalue weighted by Gasteiger charge is -2.04. The lowest BCUT2D eigenvalue weighted by atomic mass is 10.2. The lowest BCUT2D eigenvalue weighted by Crippen LogP contribution is -2.32. The van der Waals surface area contributed by atoms with Crippen LogP contribution in [0.1, 0.15) is 10.5 Å². The predicted molar refractivity (Wildman–Crippen MR) is 79.0 cm³/mol. The number of carbonyl (C=O) groups excluding carboxylic acids is 1. The molecule has 20 heavy (non-hydrogen) atoms. The molecule has 3 aromatic rings. The van der Waals surface area contributed by atoms with Crippen molar-refractivity contribution in [2.24, 2.45) is 0 Å². The number of hydrogen-bond donors (Lipinski definition) is 3. The quantitative estimate of drug-likeness (QED) is 0.508. The van der Waals surface area contributed by atoms with Gasteiger partial charge in [0.05, 0.1) is 5.52 Å². The first-order valence-electron chi connectivity index (χ1n) is 6.05. The minimum atomic E-state index is -0.272. The fraction of sp³-hybridized carbons (Fsp3) is 0. The Bertz CT molecular complexity index is 726. The van der Waals surface area contributed by atoms with Crippen LogP contribution in [0.2, 0.25) is 0 Å². The maximum atomic E-state index is 12.0.